The van der Waals surface area contributed by atoms with Crippen molar-refractivity contribution in [2.24, 2.45) is 0 Å². The van der Waals surface area contributed by atoms with Crippen LogP contribution in [0.1, 0.15) is 24.1 Å². The number of halogens is 1. The summed E-state index contributed by atoms with van der Waals surface area (Å²) in [4.78, 5) is 11.9. The number of benzene rings is 2. The van der Waals surface area contributed by atoms with Crippen molar-refractivity contribution in [1.82, 2.24) is 5.32 Å². The number of carbonyl (C=O) groups excluding carboxylic acids is 1. The molecule has 2 rings (SSSR count). The molecule has 1 amide bonds. The number of nitrogens with one attached hydrogen (secondary N) is 1. The predicted octanol–water partition coefficient (Wildman–Crippen LogP) is 4.14. The van der Waals surface area contributed by atoms with E-state index in [4.69, 9.17) is 11.6 Å². The van der Waals surface area contributed by atoms with Gasteiger partial charge in [-0.3, -0.25) is 4.79 Å². The van der Waals surface area contributed by atoms with Crippen molar-refractivity contribution < 1.29 is 4.79 Å². The summed E-state index contributed by atoms with van der Waals surface area (Å²) in [6.45, 7) is 1.94. The summed E-state index contributed by atoms with van der Waals surface area (Å²) >= 11 is 6.13. The molecule has 0 aliphatic carbocycles. The van der Waals surface area contributed by atoms with Crippen LogP contribution >= 0.6 is 11.6 Å². The molecule has 0 aliphatic heterocycles. The second-order valence-electron chi connectivity index (χ2n) is 4.50. The van der Waals surface area contributed by atoms with Crippen molar-refractivity contribution in [3.63, 3.8) is 0 Å². The monoisotopic (exact) mass is 285 g/mol. The van der Waals surface area contributed by atoms with Gasteiger partial charge in [-0.2, -0.15) is 0 Å². The highest BCUT2D eigenvalue weighted by molar-refractivity contribution is 6.50. The second-order valence-corrected chi connectivity index (χ2v) is 4.91. The third kappa shape index (κ3) is 3.97. The Bertz CT molecular complexity index is 593. The van der Waals surface area contributed by atoms with Gasteiger partial charge in [-0.15, -0.1) is 0 Å². The normalized spacial score (nSPS) is 12.8. The zero-order valence-electron chi connectivity index (χ0n) is 11.2. The lowest BCUT2D eigenvalue weighted by Gasteiger charge is -2.12. The van der Waals surface area contributed by atoms with Gasteiger partial charge in [-0.1, -0.05) is 72.3 Å². The first kappa shape index (κ1) is 14.4. The molecule has 0 saturated carbocycles. The quantitative estimate of drug-likeness (QED) is 0.840. The number of carbonyl (C=O) groups is 1. The fourth-order valence-corrected chi connectivity index (χ4v) is 2.10. The third-order valence-electron chi connectivity index (χ3n) is 2.97. The molecule has 0 heterocycles. The molecule has 0 spiro atoms. The lowest BCUT2D eigenvalue weighted by molar-refractivity contribution is -0.117. The summed E-state index contributed by atoms with van der Waals surface area (Å²) in [6.07, 6.45) is 1.41. The summed E-state index contributed by atoms with van der Waals surface area (Å²) in [7, 11) is 0. The Morgan fingerprint density at radius 1 is 1.05 bits per heavy atom. The Balaban J connectivity index is 2.02. The maximum atomic E-state index is 11.9. The molecular formula is C17H16ClNO. The summed E-state index contributed by atoms with van der Waals surface area (Å²) in [6, 6.07) is 19.2. The molecule has 3 heteroatoms. The van der Waals surface area contributed by atoms with E-state index in [9.17, 15) is 4.79 Å². The fourth-order valence-electron chi connectivity index (χ4n) is 1.88. The van der Waals surface area contributed by atoms with Crippen LogP contribution in [0.4, 0.5) is 0 Å². The fraction of sp³-hybridized carbons (Fsp3) is 0.118. The van der Waals surface area contributed by atoms with E-state index in [0.29, 0.717) is 5.03 Å². The van der Waals surface area contributed by atoms with Crippen LogP contribution in [0.15, 0.2) is 66.7 Å². The minimum absolute atomic E-state index is 0.0554. The molecule has 0 bridgehead atoms. The minimum Gasteiger partial charge on any atom is -0.346 e. The summed E-state index contributed by atoms with van der Waals surface area (Å²) in [5.74, 6) is -0.199. The smallest absolute Gasteiger partial charge is 0.245 e. The second kappa shape index (κ2) is 6.92. The highest BCUT2D eigenvalue weighted by Crippen LogP contribution is 2.18. The molecule has 0 saturated heterocycles. The van der Waals surface area contributed by atoms with E-state index in [2.05, 4.69) is 5.32 Å². The average molecular weight is 286 g/mol. The van der Waals surface area contributed by atoms with Gasteiger partial charge in [0.25, 0.3) is 0 Å². The Morgan fingerprint density at radius 2 is 1.60 bits per heavy atom. The Hall–Kier alpha value is -2.06. The van der Waals surface area contributed by atoms with E-state index in [1.165, 1.54) is 6.08 Å². The molecule has 0 radical (unpaired) electrons. The van der Waals surface area contributed by atoms with Crippen LogP contribution in [0.3, 0.4) is 0 Å². The van der Waals surface area contributed by atoms with Gasteiger partial charge in [-0.05, 0) is 18.1 Å². The molecular weight excluding hydrogens is 270 g/mol. The Morgan fingerprint density at radius 3 is 2.20 bits per heavy atom. The van der Waals surface area contributed by atoms with Gasteiger partial charge >= 0.3 is 0 Å². The minimum atomic E-state index is -0.199. The molecule has 1 atom stereocenters. The highest BCUT2D eigenvalue weighted by Gasteiger charge is 2.08. The van der Waals surface area contributed by atoms with Gasteiger partial charge < -0.3 is 5.32 Å². The summed E-state index contributed by atoms with van der Waals surface area (Å²) in [5, 5.41) is 3.33. The van der Waals surface area contributed by atoms with E-state index in [-0.39, 0.29) is 11.9 Å². The molecule has 0 aromatic heterocycles. The zero-order valence-corrected chi connectivity index (χ0v) is 12.0. The predicted molar refractivity (Wildman–Crippen MR) is 83.3 cm³/mol. The Kier molecular flexibility index (Phi) is 4.97. The van der Waals surface area contributed by atoms with Gasteiger partial charge in [-0.25, -0.2) is 0 Å². The maximum Gasteiger partial charge on any atom is 0.245 e. The van der Waals surface area contributed by atoms with Gasteiger partial charge in [0.05, 0.1) is 11.1 Å². The highest BCUT2D eigenvalue weighted by atomic mass is 35.5. The SMILES string of the molecule is C[C@H](NC(=O)/C=C(\Cl)c1ccccc1)c1ccccc1. The zero-order chi connectivity index (χ0) is 14.4. The van der Waals surface area contributed by atoms with Crippen LogP contribution in [-0.4, -0.2) is 5.91 Å². The van der Waals surface area contributed by atoms with E-state index < -0.39 is 0 Å². The van der Waals surface area contributed by atoms with Gasteiger partial charge in [0.15, 0.2) is 0 Å². The van der Waals surface area contributed by atoms with E-state index in [1.54, 1.807) is 0 Å². The standard InChI is InChI=1S/C17H16ClNO/c1-13(14-8-4-2-5-9-14)19-17(20)12-16(18)15-10-6-3-7-11-15/h2-13H,1H3,(H,19,20)/b16-12-/t13-/m0/s1. The summed E-state index contributed by atoms with van der Waals surface area (Å²) < 4.78 is 0. The molecule has 0 unspecified atom stereocenters. The first-order chi connectivity index (χ1) is 9.66. The molecule has 0 aliphatic rings. The molecule has 2 aromatic rings. The lowest BCUT2D eigenvalue weighted by atomic mass is 10.1. The molecule has 1 N–H and O–H groups in total. The van der Waals surface area contributed by atoms with Crippen LogP contribution in [0.25, 0.3) is 5.03 Å². The van der Waals surface area contributed by atoms with Crippen molar-refractivity contribution in [2.75, 3.05) is 0 Å². The average Bonchev–Trinajstić information content (AvgIpc) is 2.49. The van der Waals surface area contributed by atoms with Crippen molar-refractivity contribution >= 4 is 22.5 Å². The number of amides is 1. The van der Waals surface area contributed by atoms with Crippen molar-refractivity contribution in [3.05, 3.63) is 77.9 Å². The van der Waals surface area contributed by atoms with Crippen LogP contribution in [-0.2, 0) is 4.79 Å². The van der Waals surface area contributed by atoms with Crippen LogP contribution in [0, 0.1) is 0 Å². The van der Waals surface area contributed by atoms with E-state index in [0.717, 1.165) is 11.1 Å². The topological polar surface area (TPSA) is 29.1 Å². The third-order valence-corrected chi connectivity index (χ3v) is 3.29. The van der Waals surface area contributed by atoms with E-state index >= 15 is 0 Å². The summed E-state index contributed by atoms with van der Waals surface area (Å²) in [5.41, 5.74) is 1.89. The van der Waals surface area contributed by atoms with Crippen molar-refractivity contribution in [2.45, 2.75) is 13.0 Å². The first-order valence-corrected chi connectivity index (χ1v) is 6.82. The van der Waals surface area contributed by atoms with Crippen molar-refractivity contribution in [1.29, 1.82) is 0 Å². The van der Waals surface area contributed by atoms with E-state index in [1.807, 2.05) is 67.6 Å². The molecule has 102 valence electrons. The van der Waals surface area contributed by atoms with Crippen molar-refractivity contribution in [3.8, 4) is 0 Å². The molecule has 2 nitrogen and oxygen atoms in total. The van der Waals surface area contributed by atoms with Gasteiger partial charge in [0.2, 0.25) is 5.91 Å². The largest absolute Gasteiger partial charge is 0.346 e. The molecule has 0 fully saturated rings. The van der Waals surface area contributed by atoms with Crippen LogP contribution in [0.5, 0.6) is 0 Å². The van der Waals surface area contributed by atoms with Gasteiger partial charge in [0.1, 0.15) is 0 Å². The Labute approximate surface area is 124 Å². The first-order valence-electron chi connectivity index (χ1n) is 6.45. The number of rotatable bonds is 4. The maximum absolute atomic E-state index is 11.9. The van der Waals surface area contributed by atoms with Crippen LogP contribution in [0.2, 0.25) is 0 Å². The number of hydrogen-bond acceptors (Lipinski definition) is 1. The molecule has 20 heavy (non-hydrogen) atoms. The van der Waals surface area contributed by atoms with Gasteiger partial charge in [0, 0.05) is 6.08 Å². The lowest BCUT2D eigenvalue weighted by Crippen LogP contribution is -2.24. The van der Waals surface area contributed by atoms with Crippen LogP contribution < -0.4 is 5.32 Å². The molecule has 2 aromatic carbocycles. The number of hydrogen-bond donors (Lipinski definition) is 1.